The normalized spacial score (nSPS) is 12.5. The Morgan fingerprint density at radius 2 is 1.76 bits per heavy atom. The largest absolute Gasteiger partial charge is 0.494 e. The number of ether oxygens (including phenoxy) is 3. The number of nitrogens with zero attached hydrogens (tertiary/aromatic N) is 1. The second kappa shape index (κ2) is 11.2. The van der Waals surface area contributed by atoms with Crippen molar-refractivity contribution in [1.29, 1.82) is 0 Å². The van der Waals surface area contributed by atoms with Gasteiger partial charge in [0.05, 0.1) is 25.3 Å². The molecular weight excluding hydrogens is 432 g/mol. The number of amides is 2. The molecule has 7 nitrogen and oxygen atoms in total. The van der Waals surface area contributed by atoms with E-state index in [0.29, 0.717) is 43.3 Å². The molecule has 0 aromatic heterocycles. The van der Waals surface area contributed by atoms with Crippen LogP contribution in [0.25, 0.3) is 0 Å². The van der Waals surface area contributed by atoms with E-state index < -0.39 is 0 Å². The molecule has 1 aliphatic heterocycles. The zero-order valence-corrected chi connectivity index (χ0v) is 19.2. The van der Waals surface area contributed by atoms with Gasteiger partial charge in [-0.3, -0.25) is 9.59 Å². The highest BCUT2D eigenvalue weighted by Gasteiger charge is 2.25. The summed E-state index contributed by atoms with van der Waals surface area (Å²) >= 11 is 0. The van der Waals surface area contributed by atoms with Crippen LogP contribution in [-0.2, 0) is 16.0 Å². The SMILES string of the molecule is CCOc1ccc(CC(=O)Nc2ccc3c(c2)OCC(=O)N3CCCOc2ccccc2)cc1. The fourth-order valence-electron chi connectivity index (χ4n) is 3.72. The van der Waals surface area contributed by atoms with Crippen LogP contribution in [0.2, 0.25) is 0 Å². The Kier molecular flexibility index (Phi) is 7.65. The van der Waals surface area contributed by atoms with Gasteiger partial charge < -0.3 is 24.4 Å². The van der Waals surface area contributed by atoms with Gasteiger partial charge >= 0.3 is 0 Å². The van der Waals surface area contributed by atoms with E-state index in [-0.39, 0.29) is 24.8 Å². The van der Waals surface area contributed by atoms with E-state index in [1.54, 1.807) is 23.1 Å². The number of para-hydroxylation sites is 1. The minimum atomic E-state index is -0.133. The lowest BCUT2D eigenvalue weighted by Gasteiger charge is -2.29. The van der Waals surface area contributed by atoms with Crippen molar-refractivity contribution in [3.8, 4) is 17.2 Å². The van der Waals surface area contributed by atoms with Gasteiger partial charge in [0.25, 0.3) is 5.91 Å². The quantitative estimate of drug-likeness (QED) is 0.452. The van der Waals surface area contributed by atoms with E-state index in [2.05, 4.69) is 5.32 Å². The van der Waals surface area contributed by atoms with Gasteiger partial charge in [-0.2, -0.15) is 0 Å². The number of anilines is 2. The van der Waals surface area contributed by atoms with Crippen LogP contribution >= 0.6 is 0 Å². The first kappa shape index (κ1) is 23.2. The van der Waals surface area contributed by atoms with E-state index in [1.807, 2.05) is 61.5 Å². The van der Waals surface area contributed by atoms with Crippen molar-refractivity contribution in [2.75, 3.05) is 36.6 Å². The van der Waals surface area contributed by atoms with Gasteiger partial charge in [0.1, 0.15) is 17.2 Å². The summed E-state index contributed by atoms with van der Waals surface area (Å²) in [6.07, 6.45) is 0.928. The Hall–Kier alpha value is -4.00. The summed E-state index contributed by atoms with van der Waals surface area (Å²) in [5.74, 6) is 1.93. The van der Waals surface area contributed by atoms with Crippen molar-refractivity contribution in [3.05, 3.63) is 78.4 Å². The van der Waals surface area contributed by atoms with Crippen molar-refractivity contribution in [2.45, 2.75) is 19.8 Å². The molecule has 0 fully saturated rings. The molecule has 0 saturated carbocycles. The Morgan fingerprint density at radius 1 is 1.00 bits per heavy atom. The molecule has 1 N–H and O–H groups in total. The average Bonchev–Trinajstić information content (AvgIpc) is 2.85. The maximum absolute atomic E-state index is 12.5. The third-order valence-corrected chi connectivity index (χ3v) is 5.32. The molecule has 0 unspecified atom stereocenters. The maximum Gasteiger partial charge on any atom is 0.265 e. The number of benzene rings is 3. The van der Waals surface area contributed by atoms with Crippen molar-refractivity contribution in [3.63, 3.8) is 0 Å². The lowest BCUT2D eigenvalue weighted by atomic mass is 10.1. The van der Waals surface area contributed by atoms with Gasteiger partial charge in [0, 0.05) is 18.3 Å². The molecule has 1 heterocycles. The minimum absolute atomic E-state index is 0.0316. The van der Waals surface area contributed by atoms with Gasteiger partial charge in [0.2, 0.25) is 5.91 Å². The van der Waals surface area contributed by atoms with Crippen molar-refractivity contribution in [2.24, 2.45) is 0 Å². The van der Waals surface area contributed by atoms with E-state index in [4.69, 9.17) is 14.2 Å². The summed E-state index contributed by atoms with van der Waals surface area (Å²) in [6.45, 7) is 3.52. The summed E-state index contributed by atoms with van der Waals surface area (Å²) in [6, 6.07) is 22.4. The third kappa shape index (κ3) is 6.07. The zero-order valence-electron chi connectivity index (χ0n) is 19.2. The highest BCUT2D eigenvalue weighted by Crippen LogP contribution is 2.34. The van der Waals surface area contributed by atoms with Crippen molar-refractivity contribution < 1.29 is 23.8 Å². The monoisotopic (exact) mass is 460 g/mol. The summed E-state index contributed by atoms with van der Waals surface area (Å²) in [5, 5.41) is 2.90. The smallest absolute Gasteiger partial charge is 0.265 e. The number of nitrogens with one attached hydrogen (secondary N) is 1. The second-order valence-electron chi connectivity index (χ2n) is 7.83. The van der Waals surface area contributed by atoms with Crippen LogP contribution in [0.1, 0.15) is 18.9 Å². The summed E-state index contributed by atoms with van der Waals surface area (Å²) in [4.78, 5) is 26.6. The number of rotatable bonds is 10. The summed E-state index contributed by atoms with van der Waals surface area (Å²) in [5.41, 5.74) is 2.21. The highest BCUT2D eigenvalue weighted by atomic mass is 16.5. The van der Waals surface area contributed by atoms with Crippen molar-refractivity contribution in [1.82, 2.24) is 0 Å². The molecule has 176 valence electrons. The van der Waals surface area contributed by atoms with E-state index in [1.165, 1.54) is 0 Å². The predicted octanol–water partition coefficient (Wildman–Crippen LogP) is 4.46. The molecule has 3 aromatic carbocycles. The summed E-state index contributed by atoms with van der Waals surface area (Å²) in [7, 11) is 0. The number of fused-ring (bicyclic) bond motifs is 1. The first-order valence-corrected chi connectivity index (χ1v) is 11.4. The Labute approximate surface area is 199 Å². The van der Waals surface area contributed by atoms with E-state index in [0.717, 1.165) is 17.1 Å². The first-order valence-electron chi connectivity index (χ1n) is 11.4. The molecule has 0 aliphatic carbocycles. The molecule has 0 atom stereocenters. The number of carbonyl (C=O) groups is 2. The number of hydrogen-bond acceptors (Lipinski definition) is 5. The predicted molar refractivity (Wildman–Crippen MR) is 131 cm³/mol. The Balaban J connectivity index is 1.33. The Bertz CT molecular complexity index is 1120. The molecule has 0 bridgehead atoms. The van der Waals surface area contributed by atoms with Gasteiger partial charge in [0.15, 0.2) is 6.61 Å². The van der Waals surface area contributed by atoms with Crippen LogP contribution in [-0.4, -0.2) is 38.2 Å². The molecule has 34 heavy (non-hydrogen) atoms. The molecule has 1 aliphatic rings. The average molecular weight is 461 g/mol. The highest BCUT2D eigenvalue weighted by molar-refractivity contribution is 5.99. The molecule has 2 amide bonds. The standard InChI is InChI=1S/C27H28N2O5/c1-2-32-23-12-9-20(10-13-23)17-26(30)28-21-11-14-24-25(18-21)34-19-27(31)29(24)15-6-16-33-22-7-4-3-5-8-22/h3-5,7-14,18H,2,6,15-17,19H2,1H3,(H,28,30). The van der Waals surface area contributed by atoms with Crippen LogP contribution in [0.4, 0.5) is 11.4 Å². The topological polar surface area (TPSA) is 77.1 Å². The van der Waals surface area contributed by atoms with Gasteiger partial charge in [-0.15, -0.1) is 0 Å². The molecule has 7 heteroatoms. The van der Waals surface area contributed by atoms with E-state index >= 15 is 0 Å². The molecule has 3 aromatic rings. The van der Waals surface area contributed by atoms with Gasteiger partial charge in [-0.1, -0.05) is 30.3 Å². The lowest BCUT2D eigenvalue weighted by molar-refractivity contribution is -0.121. The third-order valence-electron chi connectivity index (χ3n) is 5.32. The fourth-order valence-corrected chi connectivity index (χ4v) is 3.72. The molecular formula is C27H28N2O5. The van der Waals surface area contributed by atoms with Crippen LogP contribution in [0.3, 0.4) is 0 Å². The zero-order chi connectivity index (χ0) is 23.8. The Morgan fingerprint density at radius 3 is 2.53 bits per heavy atom. The second-order valence-corrected chi connectivity index (χ2v) is 7.83. The molecule has 4 rings (SSSR count). The lowest BCUT2D eigenvalue weighted by Crippen LogP contribution is -2.39. The summed E-state index contributed by atoms with van der Waals surface area (Å²) < 4.78 is 16.8. The van der Waals surface area contributed by atoms with Gasteiger partial charge in [-0.05, 0) is 55.3 Å². The van der Waals surface area contributed by atoms with Crippen LogP contribution < -0.4 is 24.4 Å². The number of hydrogen-bond donors (Lipinski definition) is 1. The van der Waals surface area contributed by atoms with E-state index in [9.17, 15) is 9.59 Å². The fraction of sp³-hybridized carbons (Fsp3) is 0.259. The van der Waals surface area contributed by atoms with Crippen molar-refractivity contribution >= 4 is 23.2 Å². The molecule has 0 saturated heterocycles. The van der Waals surface area contributed by atoms with Gasteiger partial charge in [-0.25, -0.2) is 0 Å². The minimum Gasteiger partial charge on any atom is -0.494 e. The molecule has 0 spiro atoms. The van der Waals surface area contributed by atoms with Crippen LogP contribution in [0.15, 0.2) is 72.8 Å². The van der Waals surface area contributed by atoms with Crippen LogP contribution in [0.5, 0.6) is 17.2 Å². The first-order chi connectivity index (χ1) is 16.6. The molecule has 0 radical (unpaired) electrons. The van der Waals surface area contributed by atoms with Crippen LogP contribution in [0, 0.1) is 0 Å². The maximum atomic E-state index is 12.5. The number of carbonyl (C=O) groups excluding carboxylic acids is 2.